The Morgan fingerprint density at radius 3 is 1.40 bits per heavy atom. The van der Waals surface area contributed by atoms with Gasteiger partial charge in [-0.3, -0.25) is 0 Å². The van der Waals surface area contributed by atoms with Gasteiger partial charge in [-0.15, -0.1) is 0 Å². The van der Waals surface area contributed by atoms with Gasteiger partial charge in [0, 0.05) is 40.8 Å². The molecule has 9 aromatic rings. The molecule has 6 nitrogen and oxygen atoms in total. The summed E-state index contributed by atoms with van der Waals surface area (Å²) in [5.41, 5.74) is 13.9. The van der Waals surface area contributed by atoms with Crippen LogP contribution in [0.1, 0.15) is 41.3 Å². The second-order valence-electron chi connectivity index (χ2n) is 17.4. The van der Waals surface area contributed by atoms with Gasteiger partial charge in [0.15, 0.2) is 29.5 Å². The lowest BCUT2D eigenvalue weighted by molar-refractivity contribution is 0.383. The molecule has 0 radical (unpaired) electrons. The van der Waals surface area contributed by atoms with Crippen molar-refractivity contribution in [2.75, 3.05) is 7.05 Å². The van der Waals surface area contributed by atoms with E-state index in [1.807, 2.05) is 78.9 Å². The summed E-state index contributed by atoms with van der Waals surface area (Å²) in [6.45, 7) is 2.28. The van der Waals surface area contributed by atoms with Crippen LogP contribution in [0.5, 0.6) is 0 Å². The van der Waals surface area contributed by atoms with Crippen LogP contribution in [0.25, 0.3) is 67.5 Å². The molecule has 8 aromatic carbocycles. The molecule has 2 aliphatic rings. The summed E-state index contributed by atoms with van der Waals surface area (Å²) in [5, 5.41) is 0. The Balaban J connectivity index is 0.904. The van der Waals surface area contributed by atoms with E-state index in [4.69, 9.17) is 24.9 Å². The first-order valence-corrected chi connectivity index (χ1v) is 23.2. The number of aliphatic imine (C=N–C) groups is 2. The first kappa shape index (κ1) is 42.1. The molecule has 68 heavy (non-hydrogen) atoms. The van der Waals surface area contributed by atoms with Gasteiger partial charge in [-0.05, 0) is 74.7 Å². The molecule has 3 unspecified atom stereocenters. The zero-order valence-corrected chi connectivity index (χ0v) is 37.9. The Morgan fingerprint density at radius 1 is 0.368 bits per heavy atom. The van der Waals surface area contributed by atoms with Crippen LogP contribution in [0.3, 0.4) is 0 Å². The van der Waals surface area contributed by atoms with Gasteiger partial charge in [-0.25, -0.2) is 24.9 Å². The average molecular weight is 877 g/mol. The first-order chi connectivity index (χ1) is 33.5. The number of amidine groups is 2. The van der Waals surface area contributed by atoms with Crippen molar-refractivity contribution in [3.8, 4) is 67.5 Å². The quantitative estimate of drug-likeness (QED) is 0.137. The van der Waals surface area contributed by atoms with E-state index in [1.165, 1.54) is 11.1 Å². The molecule has 0 saturated heterocycles. The summed E-state index contributed by atoms with van der Waals surface area (Å²) in [6.07, 6.45) is 8.56. The molecule has 1 aromatic heterocycles. The average Bonchev–Trinajstić information content (AvgIpc) is 3.42. The molecular formula is C62H48N6. The number of benzene rings is 8. The largest absolute Gasteiger partial charge is 0.333 e. The minimum absolute atomic E-state index is 0.318. The van der Waals surface area contributed by atoms with E-state index in [2.05, 4.69) is 177 Å². The summed E-state index contributed by atoms with van der Waals surface area (Å²) in [7, 11) is 2.10. The molecule has 0 saturated carbocycles. The fourth-order valence-electron chi connectivity index (χ4n) is 9.22. The topological polar surface area (TPSA) is 66.6 Å². The van der Waals surface area contributed by atoms with Crippen molar-refractivity contribution >= 4 is 11.7 Å². The predicted octanol–water partition coefficient (Wildman–Crippen LogP) is 14.6. The number of aromatic nitrogens is 3. The van der Waals surface area contributed by atoms with E-state index in [0.29, 0.717) is 35.1 Å². The molecule has 0 bridgehead atoms. The third kappa shape index (κ3) is 8.75. The maximum Gasteiger partial charge on any atom is 0.164 e. The molecule has 11 rings (SSSR count). The lowest BCUT2D eigenvalue weighted by atomic mass is 9.84. The second-order valence-corrected chi connectivity index (χ2v) is 17.4. The molecule has 2 heterocycles. The van der Waals surface area contributed by atoms with Crippen molar-refractivity contribution in [1.82, 2.24) is 19.9 Å². The lowest BCUT2D eigenvalue weighted by Crippen LogP contribution is -2.35. The van der Waals surface area contributed by atoms with Crippen LogP contribution in [-0.4, -0.2) is 38.6 Å². The van der Waals surface area contributed by atoms with E-state index < -0.39 is 0 Å². The highest BCUT2D eigenvalue weighted by Crippen LogP contribution is 2.36. The van der Waals surface area contributed by atoms with Gasteiger partial charge >= 0.3 is 0 Å². The maximum absolute atomic E-state index is 5.34. The Hall–Kier alpha value is -8.61. The summed E-state index contributed by atoms with van der Waals surface area (Å²) in [6, 6.07) is 74.1. The van der Waals surface area contributed by atoms with Gasteiger partial charge in [0.2, 0.25) is 0 Å². The van der Waals surface area contributed by atoms with E-state index >= 15 is 0 Å². The smallest absolute Gasteiger partial charge is 0.164 e. The minimum Gasteiger partial charge on any atom is -0.333 e. The van der Waals surface area contributed by atoms with E-state index in [-0.39, 0.29) is 6.17 Å². The molecule has 326 valence electrons. The molecule has 0 spiro atoms. The Labute approximate surface area is 398 Å². The van der Waals surface area contributed by atoms with Gasteiger partial charge in [0.05, 0.1) is 0 Å². The molecule has 1 aliphatic carbocycles. The Morgan fingerprint density at radius 2 is 0.809 bits per heavy atom. The van der Waals surface area contributed by atoms with Crippen molar-refractivity contribution in [3.63, 3.8) is 0 Å². The highest BCUT2D eigenvalue weighted by Gasteiger charge is 2.27. The highest BCUT2D eigenvalue weighted by atomic mass is 15.3. The van der Waals surface area contributed by atoms with Crippen LogP contribution >= 0.6 is 0 Å². The zero-order valence-electron chi connectivity index (χ0n) is 37.9. The molecule has 3 atom stereocenters. The van der Waals surface area contributed by atoms with Crippen LogP contribution in [-0.2, 0) is 0 Å². The third-order valence-corrected chi connectivity index (χ3v) is 12.9. The molecule has 6 heteroatoms. The standard InChI is InChI=1S/C62H48N6/c1-42-18-12-13-33-56(42)44-36-34-43(35-37-44)48-25-16-31-54(40-48)61-66-59(47-23-10-5-11-24-47)67-62(68(61)2)55-32-17-29-52(41-55)50-27-14-26-49(38-50)51-28-15-30-53(39-51)60-64-57(45-19-6-3-7-20-45)63-58(65-60)46-21-8-4-9-22-46/h3-42,56,62H,1-2H3. The maximum atomic E-state index is 5.34. The number of nitrogens with zero attached hydrogens (tertiary/aromatic N) is 6. The predicted molar refractivity (Wildman–Crippen MR) is 279 cm³/mol. The highest BCUT2D eigenvalue weighted by molar-refractivity contribution is 6.13. The molecule has 1 aliphatic heterocycles. The summed E-state index contributed by atoms with van der Waals surface area (Å²) in [5.74, 6) is 4.33. The fourth-order valence-corrected chi connectivity index (χ4v) is 9.22. The van der Waals surface area contributed by atoms with Gasteiger partial charge in [0.1, 0.15) is 5.84 Å². The van der Waals surface area contributed by atoms with Crippen molar-refractivity contribution < 1.29 is 0 Å². The van der Waals surface area contributed by atoms with Crippen LogP contribution in [0.2, 0.25) is 0 Å². The first-order valence-electron chi connectivity index (χ1n) is 23.2. The van der Waals surface area contributed by atoms with Crippen LogP contribution in [0, 0.1) is 5.92 Å². The zero-order chi connectivity index (χ0) is 45.8. The monoisotopic (exact) mass is 876 g/mol. The van der Waals surface area contributed by atoms with Crippen LogP contribution in [0.15, 0.2) is 247 Å². The fraction of sp³-hybridized carbons (Fsp3) is 0.0806. The number of rotatable bonds is 10. The normalized spacial score (nSPS) is 16.6. The van der Waals surface area contributed by atoms with Gasteiger partial charge in [-0.1, -0.05) is 219 Å². The van der Waals surface area contributed by atoms with Gasteiger partial charge in [0.25, 0.3) is 0 Å². The Kier molecular flexibility index (Phi) is 11.6. The van der Waals surface area contributed by atoms with Crippen LogP contribution in [0.4, 0.5) is 0 Å². The molecule has 0 fully saturated rings. The molecule has 0 N–H and O–H groups in total. The number of hydrogen-bond donors (Lipinski definition) is 0. The third-order valence-electron chi connectivity index (χ3n) is 12.9. The summed E-state index contributed by atoms with van der Waals surface area (Å²) >= 11 is 0. The van der Waals surface area contributed by atoms with E-state index in [1.54, 1.807) is 0 Å². The van der Waals surface area contributed by atoms with Crippen molar-refractivity contribution in [2.24, 2.45) is 15.9 Å². The minimum atomic E-state index is -0.318. The summed E-state index contributed by atoms with van der Waals surface area (Å²) < 4.78 is 0. The SMILES string of the molecule is CC1C=CC=CC1c1ccc(-c2cccc(C3=NC(c4ccccc4)=NC(c4cccc(-c5cccc(-c6cccc(-c7nc(-c8ccccc8)nc(-c8ccccc8)n7)c6)c5)c4)N3C)c2)cc1. The lowest BCUT2D eigenvalue weighted by Gasteiger charge is -2.33. The summed E-state index contributed by atoms with van der Waals surface area (Å²) in [4.78, 5) is 27.7. The van der Waals surface area contributed by atoms with E-state index in [0.717, 1.165) is 67.0 Å². The van der Waals surface area contributed by atoms with Gasteiger partial charge in [-0.2, -0.15) is 0 Å². The van der Waals surface area contributed by atoms with E-state index in [9.17, 15) is 0 Å². The van der Waals surface area contributed by atoms with Gasteiger partial charge < -0.3 is 4.90 Å². The number of hydrogen-bond acceptors (Lipinski definition) is 6. The molecule has 0 amide bonds. The van der Waals surface area contributed by atoms with Crippen LogP contribution < -0.4 is 0 Å². The number of allylic oxidation sites excluding steroid dienone is 4. The van der Waals surface area contributed by atoms with Crippen molar-refractivity contribution in [1.29, 1.82) is 0 Å². The van der Waals surface area contributed by atoms with Crippen molar-refractivity contribution in [2.45, 2.75) is 19.0 Å². The second kappa shape index (κ2) is 18.7. The molecular weight excluding hydrogens is 829 g/mol. The Bertz CT molecular complexity index is 3320. The van der Waals surface area contributed by atoms with Crippen molar-refractivity contribution in [3.05, 3.63) is 259 Å².